The molecule has 3 N–H and O–H groups in total. The average molecular weight is 270 g/mol. The molecule has 5 nitrogen and oxygen atoms in total. The summed E-state index contributed by atoms with van der Waals surface area (Å²) in [6.07, 6.45) is 2.44. The van der Waals surface area contributed by atoms with E-state index in [4.69, 9.17) is 0 Å². The third kappa shape index (κ3) is 7.15. The molecule has 0 saturated heterocycles. The normalized spacial score (nSPS) is 18.6. The van der Waals surface area contributed by atoms with E-state index in [9.17, 15) is 9.59 Å². The topological polar surface area (TPSA) is 62.6 Å². The van der Waals surface area contributed by atoms with Gasteiger partial charge in [0.25, 0.3) is 11.8 Å². The van der Waals surface area contributed by atoms with Crippen LogP contribution < -0.4 is 15.5 Å². The number of hydrogen-bond acceptors (Lipinski definition) is 2. The molecule has 1 aliphatic carbocycles. The number of nitrogens with one attached hydrogen (secondary N) is 3. The van der Waals surface area contributed by atoms with Crippen molar-refractivity contribution >= 4 is 11.8 Å². The van der Waals surface area contributed by atoms with Crippen LogP contribution in [0.2, 0.25) is 0 Å². The zero-order valence-electron chi connectivity index (χ0n) is 12.8. The second-order valence-corrected chi connectivity index (χ2v) is 6.80. The molecular formula is C14H28N3O2+. The Labute approximate surface area is 116 Å². The smallest absolute Gasteiger partial charge is 0.275 e. The van der Waals surface area contributed by atoms with E-state index >= 15 is 0 Å². The Morgan fingerprint density at radius 2 is 1.74 bits per heavy atom. The van der Waals surface area contributed by atoms with Crippen molar-refractivity contribution in [3.8, 4) is 0 Å². The summed E-state index contributed by atoms with van der Waals surface area (Å²) < 4.78 is 0. The summed E-state index contributed by atoms with van der Waals surface area (Å²) in [5, 5.41) is 5.90. The fourth-order valence-corrected chi connectivity index (χ4v) is 2.09. The molecule has 0 spiro atoms. The minimum absolute atomic E-state index is 0.0203. The maximum atomic E-state index is 11.8. The molecule has 110 valence electrons. The highest BCUT2D eigenvalue weighted by Crippen LogP contribution is 2.32. The van der Waals surface area contributed by atoms with Gasteiger partial charge in [0, 0.05) is 11.6 Å². The van der Waals surface area contributed by atoms with E-state index in [1.54, 1.807) is 0 Å². The van der Waals surface area contributed by atoms with Gasteiger partial charge in [-0.15, -0.1) is 0 Å². The summed E-state index contributed by atoms with van der Waals surface area (Å²) in [6.45, 7) is 8.56. The van der Waals surface area contributed by atoms with Crippen LogP contribution >= 0.6 is 0 Å². The molecule has 1 aliphatic rings. The van der Waals surface area contributed by atoms with Crippen molar-refractivity contribution in [1.29, 1.82) is 0 Å². The summed E-state index contributed by atoms with van der Waals surface area (Å²) in [7, 11) is 1.86. The molecule has 2 atom stereocenters. The zero-order valence-corrected chi connectivity index (χ0v) is 12.8. The Morgan fingerprint density at radius 3 is 2.21 bits per heavy atom. The predicted molar refractivity (Wildman–Crippen MR) is 74.8 cm³/mol. The largest absolute Gasteiger partial charge is 0.348 e. The number of carbonyl (C=O) groups excluding carboxylic acids is 2. The molecule has 0 radical (unpaired) electrons. The van der Waals surface area contributed by atoms with E-state index in [1.807, 2.05) is 27.8 Å². The van der Waals surface area contributed by atoms with Crippen molar-refractivity contribution in [2.45, 2.75) is 52.1 Å². The molecule has 1 saturated carbocycles. The lowest BCUT2D eigenvalue weighted by molar-refractivity contribution is -0.862. The number of carbonyl (C=O) groups is 2. The lowest BCUT2D eigenvalue weighted by atomic mass is 10.1. The maximum absolute atomic E-state index is 11.8. The Hall–Kier alpha value is -1.10. The van der Waals surface area contributed by atoms with Crippen LogP contribution in [0.3, 0.4) is 0 Å². The highest BCUT2D eigenvalue weighted by Gasteiger charge is 2.29. The minimum Gasteiger partial charge on any atom is -0.348 e. The molecule has 1 unspecified atom stereocenters. The SMILES string of the molecule is C[C@H](NC(=O)C[NH+](C)CC(=O)NC(C)(C)C)C1CC1. The molecule has 0 aromatic heterocycles. The molecule has 1 fully saturated rings. The summed E-state index contributed by atoms with van der Waals surface area (Å²) in [5.74, 6) is 0.668. The second-order valence-electron chi connectivity index (χ2n) is 6.80. The predicted octanol–water partition coefficient (Wildman–Crippen LogP) is -0.669. The highest BCUT2D eigenvalue weighted by molar-refractivity contribution is 5.79. The summed E-state index contributed by atoms with van der Waals surface area (Å²) in [6, 6.07) is 0.267. The monoisotopic (exact) mass is 270 g/mol. The molecule has 0 bridgehead atoms. The van der Waals surface area contributed by atoms with E-state index in [0.29, 0.717) is 19.0 Å². The summed E-state index contributed by atoms with van der Waals surface area (Å²) in [4.78, 5) is 24.4. The van der Waals surface area contributed by atoms with E-state index < -0.39 is 0 Å². The Morgan fingerprint density at radius 1 is 1.21 bits per heavy atom. The molecular weight excluding hydrogens is 242 g/mol. The van der Waals surface area contributed by atoms with E-state index in [-0.39, 0.29) is 23.4 Å². The van der Waals surface area contributed by atoms with Crippen molar-refractivity contribution in [2.75, 3.05) is 20.1 Å². The Bertz CT molecular complexity index is 332. The third-order valence-corrected chi connectivity index (χ3v) is 3.16. The van der Waals surface area contributed by atoms with Gasteiger partial charge in [-0.2, -0.15) is 0 Å². The third-order valence-electron chi connectivity index (χ3n) is 3.16. The van der Waals surface area contributed by atoms with Gasteiger partial charge in [-0.3, -0.25) is 9.59 Å². The van der Waals surface area contributed by atoms with Crippen LogP contribution in [0.4, 0.5) is 0 Å². The van der Waals surface area contributed by atoms with Gasteiger partial charge in [-0.1, -0.05) is 0 Å². The van der Waals surface area contributed by atoms with Crippen LogP contribution in [-0.4, -0.2) is 43.5 Å². The summed E-state index contributed by atoms with van der Waals surface area (Å²) in [5.41, 5.74) is -0.222. The molecule has 0 aromatic rings. The summed E-state index contributed by atoms with van der Waals surface area (Å²) >= 11 is 0. The average Bonchev–Trinajstić information content (AvgIpc) is 2.94. The van der Waals surface area contributed by atoms with Crippen molar-refractivity contribution in [1.82, 2.24) is 10.6 Å². The Balaban J connectivity index is 2.23. The van der Waals surface area contributed by atoms with Gasteiger partial charge in [0.05, 0.1) is 7.05 Å². The van der Waals surface area contributed by atoms with Gasteiger partial charge in [0.2, 0.25) is 0 Å². The van der Waals surface area contributed by atoms with Gasteiger partial charge < -0.3 is 15.5 Å². The molecule has 1 rings (SSSR count). The number of hydrogen-bond donors (Lipinski definition) is 3. The van der Waals surface area contributed by atoms with E-state index in [1.165, 1.54) is 12.8 Å². The van der Waals surface area contributed by atoms with Crippen LogP contribution in [0, 0.1) is 5.92 Å². The first-order valence-electron chi connectivity index (χ1n) is 7.09. The second kappa shape index (κ2) is 6.37. The van der Waals surface area contributed by atoms with Gasteiger partial charge in [0.15, 0.2) is 13.1 Å². The molecule has 0 aromatic carbocycles. The van der Waals surface area contributed by atoms with Gasteiger partial charge >= 0.3 is 0 Å². The first-order chi connectivity index (χ1) is 8.67. The first-order valence-corrected chi connectivity index (χ1v) is 7.09. The number of amides is 2. The lowest BCUT2D eigenvalue weighted by Gasteiger charge is -2.22. The molecule has 2 amide bonds. The van der Waals surface area contributed by atoms with E-state index in [0.717, 1.165) is 4.90 Å². The number of rotatable bonds is 6. The molecule has 5 heteroatoms. The first kappa shape index (κ1) is 16.0. The molecule has 0 heterocycles. The maximum Gasteiger partial charge on any atom is 0.275 e. The van der Waals surface area contributed by atoms with Crippen LogP contribution in [-0.2, 0) is 9.59 Å². The lowest BCUT2D eigenvalue weighted by Crippen LogP contribution is -3.11. The van der Waals surface area contributed by atoms with Crippen molar-refractivity contribution in [3.63, 3.8) is 0 Å². The van der Waals surface area contributed by atoms with Crippen LogP contribution in [0.15, 0.2) is 0 Å². The van der Waals surface area contributed by atoms with Crippen LogP contribution in [0.25, 0.3) is 0 Å². The standard InChI is InChI=1S/C14H27N3O2/c1-10(11-6-7-11)15-12(18)8-17(5)9-13(19)16-14(2,3)4/h10-11H,6-9H2,1-5H3,(H,15,18)(H,16,19)/p+1/t10-/m0/s1. The fourth-order valence-electron chi connectivity index (χ4n) is 2.09. The number of likely N-dealkylation sites (N-methyl/N-ethyl adjacent to an activating group) is 1. The quantitative estimate of drug-likeness (QED) is 0.599. The van der Waals surface area contributed by atoms with Gasteiger partial charge in [-0.25, -0.2) is 0 Å². The van der Waals surface area contributed by atoms with Crippen LogP contribution in [0.5, 0.6) is 0 Å². The highest BCUT2D eigenvalue weighted by atomic mass is 16.2. The Kier molecular flexibility index (Phi) is 5.35. The van der Waals surface area contributed by atoms with E-state index in [2.05, 4.69) is 17.6 Å². The molecule has 0 aliphatic heterocycles. The number of quaternary nitrogens is 1. The van der Waals surface area contributed by atoms with Crippen LogP contribution in [0.1, 0.15) is 40.5 Å². The zero-order chi connectivity index (χ0) is 14.6. The van der Waals surface area contributed by atoms with Crippen molar-refractivity contribution in [2.24, 2.45) is 5.92 Å². The fraction of sp³-hybridized carbons (Fsp3) is 0.857. The minimum atomic E-state index is -0.222. The molecule has 19 heavy (non-hydrogen) atoms. The van der Waals surface area contributed by atoms with Crippen molar-refractivity contribution < 1.29 is 14.5 Å². The van der Waals surface area contributed by atoms with Gasteiger partial charge in [-0.05, 0) is 46.5 Å². The van der Waals surface area contributed by atoms with Crippen molar-refractivity contribution in [3.05, 3.63) is 0 Å². The van der Waals surface area contributed by atoms with Gasteiger partial charge in [0.1, 0.15) is 0 Å².